The fourth-order valence-corrected chi connectivity index (χ4v) is 3.28. The van der Waals surface area contributed by atoms with Gasteiger partial charge >= 0.3 is 0 Å². The Hall–Kier alpha value is -0.540. The van der Waals surface area contributed by atoms with Crippen LogP contribution >= 0.6 is 15.9 Å². The van der Waals surface area contributed by atoms with E-state index in [0.29, 0.717) is 5.92 Å². The minimum absolute atomic E-state index is 0.266. The minimum Gasteiger partial charge on any atom is -0.371 e. The first kappa shape index (κ1) is 11.9. The average Bonchev–Trinajstić information content (AvgIpc) is 2.57. The molecule has 2 rings (SSSR count). The fraction of sp³-hybridized carbons (Fsp3) is 0.538. The lowest BCUT2D eigenvalue weighted by Gasteiger charge is -2.17. The summed E-state index contributed by atoms with van der Waals surface area (Å²) in [6.07, 6.45) is 1.06. The van der Waals surface area contributed by atoms with Gasteiger partial charge in [0.2, 0.25) is 0 Å². The van der Waals surface area contributed by atoms with Crippen molar-refractivity contribution in [1.82, 2.24) is 0 Å². The van der Waals surface area contributed by atoms with Gasteiger partial charge in [0.05, 0.1) is 0 Å². The van der Waals surface area contributed by atoms with E-state index < -0.39 is 0 Å². The fourth-order valence-electron chi connectivity index (χ4n) is 2.60. The van der Waals surface area contributed by atoms with Crippen molar-refractivity contribution in [3.05, 3.63) is 28.2 Å². The maximum absolute atomic E-state index is 5.93. The highest BCUT2D eigenvalue weighted by Crippen LogP contribution is 2.42. The van der Waals surface area contributed by atoms with Crippen LogP contribution in [-0.4, -0.2) is 19.1 Å². The molecular weight excluding hydrogens is 264 g/mol. The molecule has 0 spiro atoms. The number of likely N-dealkylation sites (N-methyl/N-ethyl adjacent to an activating group) is 1. The highest BCUT2D eigenvalue weighted by atomic mass is 79.9. The van der Waals surface area contributed by atoms with E-state index in [1.54, 1.807) is 0 Å². The van der Waals surface area contributed by atoms with Crippen molar-refractivity contribution >= 4 is 21.6 Å². The normalized spacial score (nSPS) is 21.0. The molecule has 0 saturated heterocycles. The van der Waals surface area contributed by atoms with Crippen LogP contribution in [0.3, 0.4) is 0 Å². The smallest absolute Gasteiger partial charge is 0.0413 e. The Kier molecular flexibility index (Phi) is 3.55. The Morgan fingerprint density at radius 1 is 1.56 bits per heavy atom. The van der Waals surface area contributed by atoms with Gasteiger partial charge in [-0.15, -0.1) is 0 Å². The van der Waals surface area contributed by atoms with Crippen LogP contribution in [0.1, 0.15) is 31.7 Å². The van der Waals surface area contributed by atoms with E-state index in [0.717, 1.165) is 19.5 Å². The number of nitrogens with zero attached hydrogens (tertiary/aromatic N) is 1. The average molecular weight is 283 g/mol. The first-order valence-electron chi connectivity index (χ1n) is 5.92. The molecule has 1 aliphatic heterocycles. The Labute approximate surface area is 106 Å². The Bertz CT molecular complexity index is 376. The second-order valence-electron chi connectivity index (χ2n) is 4.62. The van der Waals surface area contributed by atoms with Crippen molar-refractivity contribution in [2.24, 2.45) is 5.73 Å². The standard InChI is InChI=1S/C13H19BrN2/c1-3-16-8-10(7-9(2)15)13-11(14)5-4-6-12(13)16/h4-6,9-10H,3,7-8,15H2,1-2H3. The topological polar surface area (TPSA) is 29.3 Å². The number of hydrogen-bond donors (Lipinski definition) is 1. The second kappa shape index (κ2) is 4.76. The van der Waals surface area contributed by atoms with E-state index in [2.05, 4.69) is 52.9 Å². The molecule has 0 aliphatic carbocycles. The lowest BCUT2D eigenvalue weighted by atomic mass is 9.95. The maximum atomic E-state index is 5.93. The summed E-state index contributed by atoms with van der Waals surface area (Å²) in [5.41, 5.74) is 8.76. The summed E-state index contributed by atoms with van der Waals surface area (Å²) in [6, 6.07) is 6.72. The van der Waals surface area contributed by atoms with Crippen LogP contribution in [0.25, 0.3) is 0 Å². The van der Waals surface area contributed by atoms with Gasteiger partial charge in [-0.1, -0.05) is 22.0 Å². The Morgan fingerprint density at radius 2 is 2.31 bits per heavy atom. The van der Waals surface area contributed by atoms with Crippen molar-refractivity contribution in [2.75, 3.05) is 18.0 Å². The zero-order valence-corrected chi connectivity index (χ0v) is 11.5. The van der Waals surface area contributed by atoms with Crippen LogP contribution in [0.2, 0.25) is 0 Å². The van der Waals surface area contributed by atoms with Gasteiger partial charge in [0.1, 0.15) is 0 Å². The lowest BCUT2D eigenvalue weighted by molar-refractivity contribution is 0.566. The summed E-state index contributed by atoms with van der Waals surface area (Å²) < 4.78 is 1.23. The van der Waals surface area contributed by atoms with Crippen LogP contribution in [0.4, 0.5) is 5.69 Å². The van der Waals surface area contributed by atoms with Crippen LogP contribution in [-0.2, 0) is 0 Å². The molecule has 0 fully saturated rings. The molecule has 1 aromatic carbocycles. The molecule has 2 unspecified atom stereocenters. The van der Waals surface area contributed by atoms with Crippen molar-refractivity contribution in [2.45, 2.75) is 32.2 Å². The van der Waals surface area contributed by atoms with Gasteiger partial charge in [0, 0.05) is 35.2 Å². The molecule has 1 heterocycles. The first-order valence-corrected chi connectivity index (χ1v) is 6.71. The zero-order valence-electron chi connectivity index (χ0n) is 9.91. The maximum Gasteiger partial charge on any atom is 0.0413 e. The van der Waals surface area contributed by atoms with Crippen molar-refractivity contribution in [1.29, 1.82) is 0 Å². The molecule has 1 aliphatic rings. The van der Waals surface area contributed by atoms with Crippen molar-refractivity contribution in [3.8, 4) is 0 Å². The summed E-state index contributed by atoms with van der Waals surface area (Å²) in [5, 5.41) is 0. The van der Waals surface area contributed by atoms with Gasteiger partial charge in [0.15, 0.2) is 0 Å². The zero-order chi connectivity index (χ0) is 11.7. The molecule has 1 aromatic rings. The highest BCUT2D eigenvalue weighted by Gasteiger charge is 2.29. The number of benzene rings is 1. The Morgan fingerprint density at radius 3 is 2.94 bits per heavy atom. The summed E-state index contributed by atoms with van der Waals surface area (Å²) in [6.45, 7) is 6.47. The van der Waals surface area contributed by atoms with E-state index in [9.17, 15) is 0 Å². The van der Waals surface area contributed by atoms with Crippen LogP contribution in [0.15, 0.2) is 22.7 Å². The van der Waals surface area contributed by atoms with E-state index in [1.165, 1.54) is 15.7 Å². The van der Waals surface area contributed by atoms with Crippen molar-refractivity contribution < 1.29 is 0 Å². The Balaban J connectivity index is 2.35. The molecule has 0 radical (unpaired) electrons. The third kappa shape index (κ3) is 2.11. The van der Waals surface area contributed by atoms with E-state index in [-0.39, 0.29) is 6.04 Å². The molecule has 16 heavy (non-hydrogen) atoms. The van der Waals surface area contributed by atoms with E-state index in [1.807, 2.05) is 0 Å². The number of hydrogen-bond acceptors (Lipinski definition) is 2. The number of anilines is 1. The summed E-state index contributed by atoms with van der Waals surface area (Å²) in [4.78, 5) is 2.44. The highest BCUT2D eigenvalue weighted by molar-refractivity contribution is 9.10. The number of rotatable bonds is 3. The second-order valence-corrected chi connectivity index (χ2v) is 5.48. The number of nitrogens with two attached hydrogens (primary N) is 1. The predicted molar refractivity (Wildman–Crippen MR) is 73.0 cm³/mol. The minimum atomic E-state index is 0.266. The van der Waals surface area contributed by atoms with Gasteiger partial charge in [-0.3, -0.25) is 0 Å². The molecule has 2 N–H and O–H groups in total. The third-order valence-corrected chi connectivity index (χ3v) is 3.95. The molecule has 0 bridgehead atoms. The summed E-state index contributed by atoms with van der Waals surface area (Å²) in [5.74, 6) is 0.575. The molecule has 0 saturated carbocycles. The van der Waals surface area contributed by atoms with Gasteiger partial charge in [0.25, 0.3) is 0 Å². The number of fused-ring (bicyclic) bond motifs is 1. The predicted octanol–water partition coefficient (Wildman–Crippen LogP) is 3.11. The quantitative estimate of drug-likeness (QED) is 0.923. The molecule has 0 amide bonds. The van der Waals surface area contributed by atoms with Gasteiger partial charge < -0.3 is 10.6 Å². The summed E-state index contributed by atoms with van der Waals surface area (Å²) in [7, 11) is 0. The SMILES string of the molecule is CCN1CC(CC(C)N)c2c(Br)cccc21. The third-order valence-electron chi connectivity index (χ3n) is 3.26. The van der Waals surface area contributed by atoms with Crippen LogP contribution in [0.5, 0.6) is 0 Å². The molecule has 2 nitrogen and oxygen atoms in total. The van der Waals surface area contributed by atoms with Crippen LogP contribution < -0.4 is 10.6 Å². The lowest BCUT2D eigenvalue weighted by Crippen LogP contribution is -2.24. The number of halogens is 1. The largest absolute Gasteiger partial charge is 0.371 e. The summed E-state index contributed by atoms with van der Waals surface area (Å²) >= 11 is 3.67. The van der Waals surface area contributed by atoms with Gasteiger partial charge in [-0.25, -0.2) is 0 Å². The van der Waals surface area contributed by atoms with Gasteiger partial charge in [-0.2, -0.15) is 0 Å². The van der Waals surface area contributed by atoms with E-state index >= 15 is 0 Å². The molecule has 3 heteroatoms. The van der Waals surface area contributed by atoms with Crippen molar-refractivity contribution in [3.63, 3.8) is 0 Å². The molecule has 88 valence electrons. The molecular formula is C13H19BrN2. The van der Waals surface area contributed by atoms with Crippen LogP contribution in [0, 0.1) is 0 Å². The van der Waals surface area contributed by atoms with Gasteiger partial charge in [-0.05, 0) is 38.0 Å². The first-order chi connectivity index (χ1) is 7.63. The molecule has 0 aromatic heterocycles. The molecule has 2 atom stereocenters. The van der Waals surface area contributed by atoms with E-state index in [4.69, 9.17) is 5.73 Å². The monoisotopic (exact) mass is 282 g/mol.